The second kappa shape index (κ2) is 7.81. The molecule has 1 amide bonds. The van der Waals surface area contributed by atoms with Gasteiger partial charge in [0.1, 0.15) is 0 Å². The number of nitrogens with one attached hydrogen (secondary N) is 1. The highest BCUT2D eigenvalue weighted by Gasteiger charge is 2.04. The van der Waals surface area contributed by atoms with Crippen molar-refractivity contribution in [1.82, 2.24) is 5.32 Å². The summed E-state index contributed by atoms with van der Waals surface area (Å²) in [6.45, 7) is 0.468. The van der Waals surface area contributed by atoms with Gasteiger partial charge in [-0.05, 0) is 35.4 Å². The van der Waals surface area contributed by atoms with E-state index in [-0.39, 0.29) is 5.91 Å². The highest BCUT2D eigenvalue weighted by atomic mass is 16.1. The van der Waals surface area contributed by atoms with E-state index in [1.807, 2.05) is 49.3 Å². The molecule has 23 heavy (non-hydrogen) atoms. The molecular weight excluding hydrogens is 286 g/mol. The summed E-state index contributed by atoms with van der Waals surface area (Å²) in [4.78, 5) is 14.0. The fourth-order valence-corrected chi connectivity index (χ4v) is 2.22. The zero-order chi connectivity index (χ0) is 16.7. The van der Waals surface area contributed by atoms with Gasteiger partial charge < -0.3 is 10.2 Å². The normalized spacial score (nSPS) is 10.3. The Morgan fingerprint density at radius 2 is 2.00 bits per heavy atom. The monoisotopic (exact) mass is 305 g/mol. The van der Waals surface area contributed by atoms with Crippen LogP contribution in [0.5, 0.6) is 0 Å². The zero-order valence-corrected chi connectivity index (χ0v) is 13.3. The lowest BCUT2D eigenvalue weighted by atomic mass is 10.1. The summed E-state index contributed by atoms with van der Waals surface area (Å²) < 4.78 is 0. The van der Waals surface area contributed by atoms with Crippen LogP contribution in [0.2, 0.25) is 0 Å². The summed E-state index contributed by atoms with van der Waals surface area (Å²) in [6.07, 6.45) is 3.18. The van der Waals surface area contributed by atoms with Gasteiger partial charge in [-0.1, -0.05) is 30.3 Å². The number of hydrogen-bond donors (Lipinski definition) is 1. The zero-order valence-electron chi connectivity index (χ0n) is 13.3. The number of anilines is 1. The SMILES string of the molecule is CN(C)c1ccccc1CNC(=O)/C=C/c1cccc(C#N)c1. The predicted molar refractivity (Wildman–Crippen MR) is 92.8 cm³/mol. The van der Waals surface area contributed by atoms with Crippen LogP contribution in [0, 0.1) is 11.3 Å². The molecule has 0 fully saturated rings. The van der Waals surface area contributed by atoms with Gasteiger partial charge >= 0.3 is 0 Å². The second-order valence-corrected chi connectivity index (χ2v) is 5.31. The topological polar surface area (TPSA) is 56.1 Å². The van der Waals surface area contributed by atoms with Crippen LogP contribution in [0.1, 0.15) is 16.7 Å². The van der Waals surface area contributed by atoms with Crippen molar-refractivity contribution in [2.24, 2.45) is 0 Å². The van der Waals surface area contributed by atoms with Crippen molar-refractivity contribution in [3.63, 3.8) is 0 Å². The van der Waals surface area contributed by atoms with Crippen LogP contribution >= 0.6 is 0 Å². The first-order valence-electron chi connectivity index (χ1n) is 7.31. The molecule has 0 spiro atoms. The van der Waals surface area contributed by atoms with E-state index < -0.39 is 0 Å². The van der Waals surface area contributed by atoms with Crippen LogP contribution in [-0.4, -0.2) is 20.0 Å². The van der Waals surface area contributed by atoms with Gasteiger partial charge in [-0.15, -0.1) is 0 Å². The third-order valence-corrected chi connectivity index (χ3v) is 3.37. The van der Waals surface area contributed by atoms with E-state index in [1.165, 1.54) is 6.08 Å². The van der Waals surface area contributed by atoms with E-state index in [0.717, 1.165) is 16.8 Å². The molecule has 2 aromatic carbocycles. The van der Waals surface area contributed by atoms with Gasteiger partial charge in [0.25, 0.3) is 0 Å². The maximum atomic E-state index is 11.9. The van der Waals surface area contributed by atoms with Crippen molar-refractivity contribution >= 4 is 17.7 Å². The molecule has 2 aromatic rings. The molecule has 0 aliphatic heterocycles. The smallest absolute Gasteiger partial charge is 0.244 e. The van der Waals surface area contributed by atoms with Crippen molar-refractivity contribution in [1.29, 1.82) is 5.26 Å². The van der Waals surface area contributed by atoms with Crippen molar-refractivity contribution in [2.75, 3.05) is 19.0 Å². The van der Waals surface area contributed by atoms with Gasteiger partial charge in [0.05, 0.1) is 11.6 Å². The van der Waals surface area contributed by atoms with Crippen LogP contribution < -0.4 is 10.2 Å². The van der Waals surface area contributed by atoms with Crippen LogP contribution in [0.3, 0.4) is 0 Å². The first kappa shape index (κ1) is 16.3. The highest BCUT2D eigenvalue weighted by molar-refractivity contribution is 5.91. The maximum absolute atomic E-state index is 11.9. The van der Waals surface area contributed by atoms with E-state index in [9.17, 15) is 4.79 Å². The molecule has 2 rings (SSSR count). The molecule has 0 aliphatic carbocycles. The van der Waals surface area contributed by atoms with Crippen molar-refractivity contribution in [3.8, 4) is 6.07 Å². The van der Waals surface area contributed by atoms with Gasteiger partial charge in [-0.2, -0.15) is 5.26 Å². The molecule has 0 bridgehead atoms. The molecule has 116 valence electrons. The third kappa shape index (κ3) is 4.72. The molecule has 4 heteroatoms. The Bertz CT molecular complexity index is 757. The number of nitrogens with zero attached hydrogens (tertiary/aromatic N) is 2. The minimum absolute atomic E-state index is 0.166. The Morgan fingerprint density at radius 1 is 1.22 bits per heavy atom. The summed E-state index contributed by atoms with van der Waals surface area (Å²) in [5.41, 5.74) is 3.55. The largest absolute Gasteiger partial charge is 0.377 e. The number of carbonyl (C=O) groups is 1. The fraction of sp³-hybridized carbons (Fsp3) is 0.158. The minimum Gasteiger partial charge on any atom is -0.377 e. The molecule has 0 saturated carbocycles. The molecular formula is C19H19N3O. The molecule has 0 radical (unpaired) electrons. The number of hydrogen-bond acceptors (Lipinski definition) is 3. The number of amides is 1. The third-order valence-electron chi connectivity index (χ3n) is 3.37. The van der Waals surface area contributed by atoms with E-state index in [1.54, 1.807) is 24.3 Å². The van der Waals surface area contributed by atoms with Gasteiger partial charge in [-0.3, -0.25) is 4.79 Å². The number of carbonyl (C=O) groups excluding carboxylic acids is 1. The fourth-order valence-electron chi connectivity index (χ4n) is 2.22. The lowest BCUT2D eigenvalue weighted by molar-refractivity contribution is -0.116. The first-order valence-corrected chi connectivity index (χ1v) is 7.31. The molecule has 0 aliphatic rings. The van der Waals surface area contributed by atoms with Crippen LogP contribution in [-0.2, 0) is 11.3 Å². The molecule has 0 aromatic heterocycles. The van der Waals surface area contributed by atoms with Crippen LogP contribution in [0.4, 0.5) is 5.69 Å². The average Bonchev–Trinajstić information content (AvgIpc) is 2.58. The van der Waals surface area contributed by atoms with Crippen molar-refractivity contribution in [3.05, 3.63) is 71.3 Å². The van der Waals surface area contributed by atoms with E-state index in [0.29, 0.717) is 12.1 Å². The van der Waals surface area contributed by atoms with E-state index >= 15 is 0 Å². The molecule has 1 N–H and O–H groups in total. The summed E-state index contributed by atoms with van der Waals surface area (Å²) >= 11 is 0. The lowest BCUT2D eigenvalue weighted by Gasteiger charge is -2.17. The Morgan fingerprint density at radius 3 is 2.74 bits per heavy atom. The highest BCUT2D eigenvalue weighted by Crippen LogP contribution is 2.17. The Labute approximate surface area is 136 Å². The standard InChI is InChI=1S/C19H19N3O/c1-22(2)18-9-4-3-8-17(18)14-21-19(23)11-10-15-6-5-7-16(12-15)13-20/h3-12H,14H2,1-2H3,(H,21,23)/b11-10+. The summed E-state index contributed by atoms with van der Waals surface area (Å²) in [5, 5.41) is 11.7. The van der Waals surface area contributed by atoms with Crippen LogP contribution in [0.25, 0.3) is 6.08 Å². The van der Waals surface area contributed by atoms with Gasteiger partial charge in [0.2, 0.25) is 5.91 Å². The number of benzene rings is 2. The van der Waals surface area contributed by atoms with Gasteiger partial charge in [0.15, 0.2) is 0 Å². The Balaban J connectivity index is 1.98. The van der Waals surface area contributed by atoms with Gasteiger partial charge in [0, 0.05) is 32.4 Å². The quantitative estimate of drug-likeness (QED) is 0.864. The summed E-state index contributed by atoms with van der Waals surface area (Å²) in [6, 6.07) is 17.1. The predicted octanol–water partition coefficient (Wildman–Crippen LogP) is 2.95. The molecule has 4 nitrogen and oxygen atoms in total. The number of para-hydroxylation sites is 1. The summed E-state index contributed by atoms with van der Waals surface area (Å²) in [5.74, 6) is -0.166. The lowest BCUT2D eigenvalue weighted by Crippen LogP contribution is -2.22. The van der Waals surface area contributed by atoms with Crippen molar-refractivity contribution < 1.29 is 4.79 Å². The second-order valence-electron chi connectivity index (χ2n) is 5.31. The Hall–Kier alpha value is -3.06. The average molecular weight is 305 g/mol. The number of nitriles is 1. The van der Waals surface area contributed by atoms with Crippen LogP contribution in [0.15, 0.2) is 54.6 Å². The maximum Gasteiger partial charge on any atom is 0.244 e. The molecule has 0 unspecified atom stereocenters. The van der Waals surface area contributed by atoms with E-state index in [4.69, 9.17) is 5.26 Å². The minimum atomic E-state index is -0.166. The molecule has 0 saturated heterocycles. The molecule has 0 heterocycles. The van der Waals surface area contributed by atoms with Gasteiger partial charge in [-0.25, -0.2) is 0 Å². The summed E-state index contributed by atoms with van der Waals surface area (Å²) in [7, 11) is 3.95. The molecule has 0 atom stereocenters. The van der Waals surface area contributed by atoms with E-state index in [2.05, 4.69) is 11.4 Å². The first-order chi connectivity index (χ1) is 11.1. The van der Waals surface area contributed by atoms with Crippen molar-refractivity contribution in [2.45, 2.75) is 6.54 Å². The number of rotatable bonds is 5. The Kier molecular flexibility index (Phi) is 5.54.